The molecule has 15 heavy (non-hydrogen) atoms. The lowest BCUT2D eigenvalue weighted by Gasteiger charge is -2.19. The van der Waals surface area contributed by atoms with E-state index in [1.807, 2.05) is 20.8 Å². The van der Waals surface area contributed by atoms with E-state index in [1.165, 1.54) is 0 Å². The molecule has 0 radical (unpaired) electrons. The second kappa shape index (κ2) is 4.13. The van der Waals surface area contributed by atoms with Crippen LogP contribution in [0.1, 0.15) is 20.8 Å². The van der Waals surface area contributed by atoms with Crippen molar-refractivity contribution in [2.75, 3.05) is 11.9 Å². The predicted molar refractivity (Wildman–Crippen MR) is 54.3 cm³/mol. The summed E-state index contributed by atoms with van der Waals surface area (Å²) in [5.41, 5.74) is -0.225. The van der Waals surface area contributed by atoms with Gasteiger partial charge in [0.05, 0.1) is 5.69 Å². The van der Waals surface area contributed by atoms with Gasteiger partial charge in [-0.3, -0.25) is 0 Å². The van der Waals surface area contributed by atoms with Crippen LogP contribution >= 0.6 is 0 Å². The van der Waals surface area contributed by atoms with Crippen LogP contribution in [0, 0.1) is 22.9 Å². The van der Waals surface area contributed by atoms with E-state index in [0.29, 0.717) is 12.6 Å². The molecular weight excluding hydrogens is 203 g/mol. The first-order valence-electron chi connectivity index (χ1n) is 4.68. The zero-order valence-corrected chi connectivity index (χ0v) is 9.00. The van der Waals surface area contributed by atoms with Gasteiger partial charge in [-0.2, -0.15) is 0 Å². The molecule has 0 aliphatic heterocycles. The van der Waals surface area contributed by atoms with Crippen molar-refractivity contribution in [3.63, 3.8) is 0 Å². The zero-order chi connectivity index (χ0) is 11.6. The van der Waals surface area contributed by atoms with Crippen molar-refractivity contribution < 1.29 is 13.2 Å². The molecular formula is C11H14F3N. The van der Waals surface area contributed by atoms with E-state index in [9.17, 15) is 13.2 Å². The van der Waals surface area contributed by atoms with E-state index in [-0.39, 0.29) is 11.1 Å². The van der Waals surface area contributed by atoms with E-state index in [2.05, 4.69) is 5.32 Å². The molecule has 0 fully saturated rings. The van der Waals surface area contributed by atoms with Gasteiger partial charge in [0.15, 0.2) is 11.6 Å². The van der Waals surface area contributed by atoms with Crippen LogP contribution in [0.5, 0.6) is 0 Å². The van der Waals surface area contributed by atoms with Crippen molar-refractivity contribution in [1.29, 1.82) is 0 Å². The first kappa shape index (κ1) is 11.9. The Balaban J connectivity index is 2.86. The molecule has 1 rings (SSSR count). The molecule has 1 N–H and O–H groups in total. The third-order valence-electron chi connectivity index (χ3n) is 1.80. The minimum atomic E-state index is -1.17. The molecule has 1 aromatic carbocycles. The highest BCUT2D eigenvalue weighted by Crippen LogP contribution is 2.21. The molecule has 0 saturated heterocycles. The molecule has 0 heterocycles. The first-order valence-corrected chi connectivity index (χ1v) is 4.68. The predicted octanol–water partition coefficient (Wildman–Crippen LogP) is 3.56. The summed E-state index contributed by atoms with van der Waals surface area (Å²) in [6.07, 6.45) is 0. The Bertz CT molecular complexity index is 356. The van der Waals surface area contributed by atoms with Gasteiger partial charge in [-0.1, -0.05) is 20.8 Å². The van der Waals surface area contributed by atoms with Gasteiger partial charge in [0.2, 0.25) is 0 Å². The molecule has 0 aliphatic carbocycles. The normalized spacial score (nSPS) is 11.6. The summed E-state index contributed by atoms with van der Waals surface area (Å²) in [4.78, 5) is 0. The summed E-state index contributed by atoms with van der Waals surface area (Å²) in [5, 5.41) is 2.68. The second-order valence-electron chi connectivity index (χ2n) is 4.66. The van der Waals surface area contributed by atoms with Crippen LogP contribution in [0.25, 0.3) is 0 Å². The highest BCUT2D eigenvalue weighted by molar-refractivity contribution is 5.45. The molecule has 0 unspecified atom stereocenters. The molecule has 1 aromatic rings. The summed E-state index contributed by atoms with van der Waals surface area (Å²) < 4.78 is 38.7. The number of rotatable bonds is 2. The molecule has 0 saturated carbocycles. The van der Waals surface area contributed by atoms with Gasteiger partial charge in [0, 0.05) is 18.7 Å². The van der Waals surface area contributed by atoms with E-state index in [4.69, 9.17) is 0 Å². The van der Waals surface area contributed by atoms with Crippen LogP contribution in [0.3, 0.4) is 0 Å². The Morgan fingerprint density at radius 3 is 2.27 bits per heavy atom. The fourth-order valence-corrected chi connectivity index (χ4v) is 1.05. The summed E-state index contributed by atoms with van der Waals surface area (Å²) in [6, 6.07) is 1.47. The van der Waals surface area contributed by atoms with Gasteiger partial charge in [-0.15, -0.1) is 0 Å². The van der Waals surface area contributed by atoms with Crippen LogP contribution in [-0.4, -0.2) is 6.54 Å². The number of hydrogen-bond acceptors (Lipinski definition) is 1. The number of hydrogen-bond donors (Lipinski definition) is 1. The maximum absolute atomic E-state index is 13.2. The van der Waals surface area contributed by atoms with Gasteiger partial charge in [-0.05, 0) is 5.41 Å². The van der Waals surface area contributed by atoms with Crippen molar-refractivity contribution in [2.45, 2.75) is 20.8 Å². The molecule has 4 heteroatoms. The molecule has 1 nitrogen and oxygen atoms in total. The molecule has 0 bridgehead atoms. The number of halogens is 3. The van der Waals surface area contributed by atoms with E-state index < -0.39 is 17.5 Å². The van der Waals surface area contributed by atoms with Crippen molar-refractivity contribution in [3.8, 4) is 0 Å². The Kier molecular flexibility index (Phi) is 3.27. The average molecular weight is 217 g/mol. The third-order valence-corrected chi connectivity index (χ3v) is 1.80. The maximum Gasteiger partial charge on any atom is 0.182 e. The Morgan fingerprint density at radius 1 is 1.13 bits per heavy atom. The number of nitrogens with one attached hydrogen (secondary N) is 1. The number of anilines is 1. The number of benzene rings is 1. The fourth-order valence-electron chi connectivity index (χ4n) is 1.05. The molecule has 0 amide bonds. The summed E-state index contributed by atoms with van der Waals surface area (Å²) in [6.45, 7) is 6.25. The monoisotopic (exact) mass is 217 g/mol. The molecule has 0 spiro atoms. The van der Waals surface area contributed by atoms with Crippen molar-refractivity contribution in [3.05, 3.63) is 29.6 Å². The van der Waals surface area contributed by atoms with Crippen molar-refractivity contribution in [2.24, 2.45) is 5.41 Å². The van der Waals surface area contributed by atoms with E-state index >= 15 is 0 Å². The topological polar surface area (TPSA) is 12.0 Å². The second-order valence-corrected chi connectivity index (χ2v) is 4.66. The highest BCUT2D eigenvalue weighted by atomic mass is 19.2. The van der Waals surface area contributed by atoms with Gasteiger partial charge in [0.1, 0.15) is 5.82 Å². The first-order chi connectivity index (χ1) is 6.79. The van der Waals surface area contributed by atoms with Crippen molar-refractivity contribution >= 4 is 5.69 Å². The van der Waals surface area contributed by atoms with Gasteiger partial charge in [0.25, 0.3) is 0 Å². The van der Waals surface area contributed by atoms with E-state index in [1.54, 1.807) is 0 Å². The lowest BCUT2D eigenvalue weighted by Crippen LogP contribution is -2.19. The summed E-state index contributed by atoms with van der Waals surface area (Å²) in [7, 11) is 0. The van der Waals surface area contributed by atoms with Gasteiger partial charge < -0.3 is 5.32 Å². The molecule has 0 aliphatic rings. The fraction of sp³-hybridized carbons (Fsp3) is 0.455. The maximum atomic E-state index is 13.2. The minimum Gasteiger partial charge on any atom is -0.382 e. The Hall–Kier alpha value is -1.19. The summed E-state index contributed by atoms with van der Waals surface area (Å²) >= 11 is 0. The van der Waals surface area contributed by atoms with Crippen LogP contribution in [-0.2, 0) is 0 Å². The molecule has 84 valence electrons. The summed E-state index contributed by atoms with van der Waals surface area (Å²) in [5.74, 6) is -3.00. The SMILES string of the molecule is CC(C)(C)CNc1cc(F)cc(F)c1F. The van der Waals surface area contributed by atoms with E-state index in [0.717, 1.165) is 6.07 Å². The quantitative estimate of drug-likeness (QED) is 0.747. The Labute approximate surface area is 87.3 Å². The third kappa shape index (κ3) is 3.46. The van der Waals surface area contributed by atoms with Gasteiger partial charge in [-0.25, -0.2) is 13.2 Å². The zero-order valence-electron chi connectivity index (χ0n) is 9.00. The lowest BCUT2D eigenvalue weighted by atomic mass is 9.97. The van der Waals surface area contributed by atoms with Crippen LogP contribution < -0.4 is 5.32 Å². The Morgan fingerprint density at radius 2 is 1.73 bits per heavy atom. The highest BCUT2D eigenvalue weighted by Gasteiger charge is 2.14. The van der Waals surface area contributed by atoms with Crippen LogP contribution in [0.4, 0.5) is 18.9 Å². The molecule has 0 atom stereocenters. The smallest absolute Gasteiger partial charge is 0.182 e. The average Bonchev–Trinajstić information content (AvgIpc) is 2.07. The van der Waals surface area contributed by atoms with Crippen LogP contribution in [0.2, 0.25) is 0 Å². The standard InChI is InChI=1S/C11H14F3N/c1-11(2,3)6-15-9-5-7(12)4-8(13)10(9)14/h4-5,15H,6H2,1-3H3. The largest absolute Gasteiger partial charge is 0.382 e. The molecule has 0 aromatic heterocycles. The van der Waals surface area contributed by atoms with Crippen molar-refractivity contribution in [1.82, 2.24) is 0 Å². The van der Waals surface area contributed by atoms with Gasteiger partial charge >= 0.3 is 0 Å². The van der Waals surface area contributed by atoms with Crippen LogP contribution in [0.15, 0.2) is 12.1 Å². The lowest BCUT2D eigenvalue weighted by molar-refractivity contribution is 0.439. The minimum absolute atomic E-state index is 0.0881.